The first-order chi connectivity index (χ1) is 9.10. The molecule has 0 amide bonds. The second-order valence-electron chi connectivity index (χ2n) is 3.56. The van der Waals surface area contributed by atoms with E-state index in [1.165, 1.54) is 20.3 Å². The number of hydrogen-bond acceptors (Lipinski definition) is 6. The van der Waals surface area contributed by atoms with Gasteiger partial charge < -0.3 is 24.7 Å². The first-order valence-electron chi connectivity index (χ1n) is 5.94. The molecule has 0 atom stereocenters. The van der Waals surface area contributed by atoms with Crippen LogP contribution in [0.25, 0.3) is 0 Å². The maximum Gasteiger partial charge on any atom is 0.340 e. The summed E-state index contributed by atoms with van der Waals surface area (Å²) in [7, 11) is 2.95. The van der Waals surface area contributed by atoms with Gasteiger partial charge in [-0.1, -0.05) is 0 Å². The Morgan fingerprint density at radius 2 is 1.84 bits per heavy atom. The molecule has 0 spiro atoms. The summed E-state index contributed by atoms with van der Waals surface area (Å²) in [5.74, 6) is 0.479. The molecule has 0 saturated heterocycles. The largest absolute Gasteiger partial charge is 0.493 e. The number of esters is 1. The molecule has 0 saturated carbocycles. The number of methoxy groups -OCH3 is 2. The predicted octanol–water partition coefficient (Wildman–Crippen LogP) is 1.86. The average molecular weight is 269 g/mol. The van der Waals surface area contributed by atoms with E-state index in [0.717, 1.165) is 0 Å². The summed E-state index contributed by atoms with van der Waals surface area (Å²) in [5.41, 5.74) is 6.32. The van der Waals surface area contributed by atoms with Crippen molar-refractivity contribution in [1.29, 1.82) is 0 Å². The van der Waals surface area contributed by atoms with Crippen LogP contribution in [0.5, 0.6) is 17.2 Å². The number of rotatable bonds is 6. The maximum atomic E-state index is 11.8. The third-order valence-electron chi connectivity index (χ3n) is 2.45. The van der Waals surface area contributed by atoms with Crippen molar-refractivity contribution in [3.05, 3.63) is 11.6 Å². The Hall–Kier alpha value is -2.11. The van der Waals surface area contributed by atoms with Gasteiger partial charge >= 0.3 is 5.97 Å². The smallest absolute Gasteiger partial charge is 0.340 e. The van der Waals surface area contributed by atoms with Crippen LogP contribution in [0.15, 0.2) is 6.07 Å². The molecule has 6 nitrogen and oxygen atoms in total. The van der Waals surface area contributed by atoms with Crippen molar-refractivity contribution in [3.8, 4) is 17.2 Å². The second-order valence-corrected chi connectivity index (χ2v) is 3.56. The first kappa shape index (κ1) is 14.9. The molecule has 0 radical (unpaired) electrons. The van der Waals surface area contributed by atoms with Crippen molar-refractivity contribution < 1.29 is 23.7 Å². The van der Waals surface area contributed by atoms with E-state index in [4.69, 9.17) is 24.7 Å². The van der Waals surface area contributed by atoms with Crippen LogP contribution in [-0.4, -0.2) is 33.4 Å². The number of nitrogens with two attached hydrogens (primary N) is 1. The third kappa shape index (κ3) is 3.01. The Labute approximate surface area is 112 Å². The van der Waals surface area contributed by atoms with Crippen LogP contribution in [0, 0.1) is 0 Å². The van der Waals surface area contributed by atoms with Crippen LogP contribution in [0.3, 0.4) is 0 Å². The van der Waals surface area contributed by atoms with Gasteiger partial charge in [0, 0.05) is 6.07 Å². The molecule has 6 heteroatoms. The molecule has 0 aliphatic carbocycles. The maximum absolute atomic E-state index is 11.8. The van der Waals surface area contributed by atoms with Gasteiger partial charge in [-0.25, -0.2) is 4.79 Å². The molecule has 106 valence electrons. The molecule has 0 heterocycles. The van der Waals surface area contributed by atoms with Crippen LogP contribution < -0.4 is 19.9 Å². The standard InChI is InChI=1S/C13H19NO5/c1-5-18-12-10(14)8(13(15)19-6-2)7-9(16-3)11(12)17-4/h7H,5-6,14H2,1-4H3. The second kappa shape index (κ2) is 6.72. The highest BCUT2D eigenvalue weighted by Gasteiger charge is 2.23. The minimum Gasteiger partial charge on any atom is -0.493 e. The molecule has 0 aromatic heterocycles. The van der Waals surface area contributed by atoms with Crippen LogP contribution in [0.1, 0.15) is 24.2 Å². The zero-order valence-corrected chi connectivity index (χ0v) is 11.6. The summed E-state index contributed by atoms with van der Waals surface area (Å²) >= 11 is 0. The highest BCUT2D eigenvalue weighted by Crippen LogP contribution is 2.44. The Morgan fingerprint density at radius 1 is 1.16 bits per heavy atom. The molecular formula is C13H19NO5. The minimum atomic E-state index is -0.526. The van der Waals surface area contributed by atoms with E-state index in [1.807, 2.05) is 6.92 Å². The fraction of sp³-hybridized carbons (Fsp3) is 0.462. The van der Waals surface area contributed by atoms with Gasteiger partial charge in [-0.05, 0) is 13.8 Å². The van der Waals surface area contributed by atoms with E-state index in [0.29, 0.717) is 18.1 Å². The number of anilines is 1. The van der Waals surface area contributed by atoms with E-state index in [-0.39, 0.29) is 23.6 Å². The van der Waals surface area contributed by atoms with Gasteiger partial charge in [0.2, 0.25) is 5.75 Å². The molecule has 0 aliphatic heterocycles. The van der Waals surface area contributed by atoms with Gasteiger partial charge in [0.25, 0.3) is 0 Å². The Kier molecular flexibility index (Phi) is 5.29. The average Bonchev–Trinajstić information content (AvgIpc) is 2.41. The van der Waals surface area contributed by atoms with Crippen molar-refractivity contribution in [1.82, 2.24) is 0 Å². The number of ether oxygens (including phenoxy) is 4. The van der Waals surface area contributed by atoms with E-state index in [9.17, 15) is 4.79 Å². The SMILES string of the molecule is CCOC(=O)c1cc(OC)c(OC)c(OCC)c1N. The monoisotopic (exact) mass is 269 g/mol. The fourth-order valence-electron chi connectivity index (χ4n) is 1.64. The number of nitrogen functional groups attached to an aromatic ring is 1. The van der Waals surface area contributed by atoms with Crippen LogP contribution in [0.2, 0.25) is 0 Å². The van der Waals surface area contributed by atoms with Crippen molar-refractivity contribution in [3.63, 3.8) is 0 Å². The summed E-state index contributed by atoms with van der Waals surface area (Å²) < 4.78 is 20.8. The third-order valence-corrected chi connectivity index (χ3v) is 2.45. The molecular weight excluding hydrogens is 250 g/mol. The lowest BCUT2D eigenvalue weighted by atomic mass is 10.1. The first-order valence-corrected chi connectivity index (χ1v) is 5.94. The normalized spacial score (nSPS) is 9.89. The van der Waals surface area contributed by atoms with E-state index in [2.05, 4.69) is 0 Å². The summed E-state index contributed by atoms with van der Waals surface area (Å²) in [6.45, 7) is 4.17. The molecule has 0 fully saturated rings. The van der Waals surface area contributed by atoms with Crippen molar-refractivity contribution >= 4 is 11.7 Å². The number of carbonyl (C=O) groups is 1. The molecule has 0 aliphatic rings. The van der Waals surface area contributed by atoms with Crippen molar-refractivity contribution in [2.45, 2.75) is 13.8 Å². The van der Waals surface area contributed by atoms with Gasteiger partial charge in [-0.2, -0.15) is 0 Å². The minimum absolute atomic E-state index is 0.179. The number of hydrogen-bond donors (Lipinski definition) is 1. The van der Waals surface area contributed by atoms with Crippen LogP contribution in [-0.2, 0) is 4.74 Å². The summed E-state index contributed by atoms with van der Waals surface area (Å²) in [6, 6.07) is 1.48. The summed E-state index contributed by atoms with van der Waals surface area (Å²) in [4.78, 5) is 11.8. The molecule has 1 aromatic rings. The molecule has 0 unspecified atom stereocenters. The van der Waals surface area contributed by atoms with Gasteiger partial charge in [-0.3, -0.25) is 0 Å². The van der Waals surface area contributed by atoms with E-state index in [1.54, 1.807) is 6.92 Å². The summed E-state index contributed by atoms with van der Waals surface area (Å²) in [6.07, 6.45) is 0. The lowest BCUT2D eigenvalue weighted by molar-refractivity contribution is 0.0526. The number of carbonyl (C=O) groups excluding carboxylic acids is 1. The van der Waals surface area contributed by atoms with Crippen LogP contribution in [0.4, 0.5) is 5.69 Å². The van der Waals surface area contributed by atoms with Crippen LogP contribution >= 0.6 is 0 Å². The molecule has 2 N–H and O–H groups in total. The number of benzene rings is 1. The molecule has 0 bridgehead atoms. The zero-order valence-electron chi connectivity index (χ0n) is 11.6. The van der Waals surface area contributed by atoms with Gasteiger partial charge in [-0.15, -0.1) is 0 Å². The topological polar surface area (TPSA) is 80.0 Å². The Balaban J connectivity index is 3.41. The van der Waals surface area contributed by atoms with E-state index < -0.39 is 5.97 Å². The van der Waals surface area contributed by atoms with E-state index >= 15 is 0 Å². The lowest BCUT2D eigenvalue weighted by Crippen LogP contribution is -2.11. The van der Waals surface area contributed by atoms with Gasteiger partial charge in [0.1, 0.15) is 0 Å². The quantitative estimate of drug-likeness (QED) is 0.627. The fourth-order valence-corrected chi connectivity index (χ4v) is 1.64. The van der Waals surface area contributed by atoms with Gasteiger partial charge in [0.15, 0.2) is 11.5 Å². The lowest BCUT2D eigenvalue weighted by Gasteiger charge is -2.17. The van der Waals surface area contributed by atoms with Crippen molar-refractivity contribution in [2.24, 2.45) is 0 Å². The summed E-state index contributed by atoms with van der Waals surface area (Å²) in [5, 5.41) is 0. The van der Waals surface area contributed by atoms with Crippen molar-refractivity contribution in [2.75, 3.05) is 33.2 Å². The highest BCUT2D eigenvalue weighted by atomic mass is 16.5. The zero-order chi connectivity index (χ0) is 14.4. The highest BCUT2D eigenvalue weighted by molar-refractivity contribution is 5.98. The molecule has 1 rings (SSSR count). The Bertz CT molecular complexity index is 459. The Morgan fingerprint density at radius 3 is 2.32 bits per heavy atom. The molecule has 19 heavy (non-hydrogen) atoms. The van der Waals surface area contributed by atoms with Gasteiger partial charge in [0.05, 0.1) is 38.7 Å². The molecule has 1 aromatic carbocycles. The predicted molar refractivity (Wildman–Crippen MR) is 71.1 cm³/mol.